The minimum Gasteiger partial charge on any atom is -0.394 e. The monoisotopic (exact) mass is 268 g/mol. The van der Waals surface area contributed by atoms with Crippen LogP contribution in [0.15, 0.2) is 0 Å². The summed E-state index contributed by atoms with van der Waals surface area (Å²) < 4.78 is 5.11. The molecular formula is C11H24O7. The zero-order valence-electron chi connectivity index (χ0n) is 10.5. The predicted octanol–water partition coefficient (Wildman–Crippen LogP) is -2.40. The Kier molecular flexibility index (Phi) is 9.47. The van der Waals surface area contributed by atoms with Gasteiger partial charge >= 0.3 is 0 Å². The summed E-state index contributed by atoms with van der Waals surface area (Å²) in [4.78, 5) is 0. The number of rotatable bonds is 10. The van der Waals surface area contributed by atoms with Crippen molar-refractivity contribution in [3.05, 3.63) is 0 Å². The smallest absolute Gasteiger partial charge is 0.111 e. The highest BCUT2D eigenvalue weighted by molar-refractivity contribution is 4.84. The lowest BCUT2D eigenvalue weighted by molar-refractivity contribution is -0.142. The van der Waals surface area contributed by atoms with Crippen LogP contribution in [0.1, 0.15) is 19.8 Å². The van der Waals surface area contributed by atoms with E-state index >= 15 is 0 Å². The van der Waals surface area contributed by atoms with Crippen LogP contribution in [0.2, 0.25) is 0 Å². The predicted molar refractivity (Wildman–Crippen MR) is 62.8 cm³/mol. The van der Waals surface area contributed by atoms with Crippen LogP contribution in [0.25, 0.3) is 0 Å². The fourth-order valence-electron chi connectivity index (χ4n) is 1.39. The van der Waals surface area contributed by atoms with E-state index in [1.807, 2.05) is 6.92 Å². The van der Waals surface area contributed by atoms with Gasteiger partial charge in [-0.3, -0.25) is 0 Å². The van der Waals surface area contributed by atoms with Crippen molar-refractivity contribution in [2.45, 2.75) is 50.3 Å². The summed E-state index contributed by atoms with van der Waals surface area (Å²) in [6, 6.07) is 0. The Morgan fingerprint density at radius 1 is 0.833 bits per heavy atom. The van der Waals surface area contributed by atoms with Gasteiger partial charge in [0, 0.05) is 13.2 Å². The Bertz CT molecular complexity index is 202. The highest BCUT2D eigenvalue weighted by atomic mass is 16.5. The first-order chi connectivity index (χ1) is 8.45. The Morgan fingerprint density at radius 2 is 1.39 bits per heavy atom. The Labute approximate surface area is 106 Å². The minimum absolute atomic E-state index is 0.0974. The fraction of sp³-hybridized carbons (Fsp3) is 1.00. The van der Waals surface area contributed by atoms with Crippen molar-refractivity contribution in [2.75, 3.05) is 19.8 Å². The molecular weight excluding hydrogens is 244 g/mol. The highest BCUT2D eigenvalue weighted by Crippen LogP contribution is 2.10. The second-order valence-electron chi connectivity index (χ2n) is 4.19. The first-order valence-corrected chi connectivity index (χ1v) is 6.04. The molecule has 0 radical (unpaired) electrons. The van der Waals surface area contributed by atoms with Crippen molar-refractivity contribution in [1.82, 2.24) is 0 Å². The molecule has 0 aromatic carbocycles. The molecule has 0 bridgehead atoms. The first kappa shape index (κ1) is 17.7. The van der Waals surface area contributed by atoms with Crippen LogP contribution in [0, 0.1) is 0 Å². The lowest BCUT2D eigenvalue weighted by Crippen LogP contribution is -2.50. The summed E-state index contributed by atoms with van der Waals surface area (Å²) in [6.07, 6.45) is -7.00. The van der Waals surface area contributed by atoms with Crippen molar-refractivity contribution in [1.29, 1.82) is 0 Å². The largest absolute Gasteiger partial charge is 0.394 e. The van der Waals surface area contributed by atoms with Gasteiger partial charge in [-0.05, 0) is 12.8 Å². The molecule has 0 fully saturated rings. The Hall–Kier alpha value is -0.280. The molecule has 0 saturated heterocycles. The summed E-state index contributed by atoms with van der Waals surface area (Å²) >= 11 is 0. The van der Waals surface area contributed by atoms with Gasteiger partial charge in [0.1, 0.15) is 24.4 Å². The molecule has 0 aliphatic rings. The molecule has 0 aromatic heterocycles. The number of hydrogen-bond donors (Lipinski definition) is 6. The lowest BCUT2D eigenvalue weighted by atomic mass is 9.98. The van der Waals surface area contributed by atoms with Gasteiger partial charge in [0.25, 0.3) is 0 Å². The van der Waals surface area contributed by atoms with E-state index in [1.165, 1.54) is 0 Å². The number of aliphatic hydroxyl groups excluding tert-OH is 6. The SMILES string of the molecule is CCCOCCC(O)[C@H](O)[C@@H](O)[C@H](O)[C@H](O)CO. The maximum atomic E-state index is 9.55. The van der Waals surface area contributed by atoms with Gasteiger partial charge in [0.05, 0.1) is 12.7 Å². The van der Waals surface area contributed by atoms with Crippen LogP contribution in [0.4, 0.5) is 0 Å². The van der Waals surface area contributed by atoms with E-state index < -0.39 is 37.1 Å². The second-order valence-corrected chi connectivity index (χ2v) is 4.19. The third-order valence-electron chi connectivity index (χ3n) is 2.58. The second kappa shape index (κ2) is 9.62. The van der Waals surface area contributed by atoms with Crippen LogP contribution in [-0.2, 0) is 4.74 Å². The van der Waals surface area contributed by atoms with E-state index in [-0.39, 0.29) is 13.0 Å². The van der Waals surface area contributed by atoms with Crippen molar-refractivity contribution in [3.8, 4) is 0 Å². The molecule has 1 unspecified atom stereocenters. The topological polar surface area (TPSA) is 131 Å². The molecule has 0 aromatic rings. The van der Waals surface area contributed by atoms with E-state index in [2.05, 4.69) is 0 Å². The van der Waals surface area contributed by atoms with Gasteiger partial charge in [-0.25, -0.2) is 0 Å². The van der Waals surface area contributed by atoms with Gasteiger partial charge in [0.15, 0.2) is 0 Å². The zero-order valence-corrected chi connectivity index (χ0v) is 10.5. The Balaban J connectivity index is 4.06. The number of ether oxygens (including phenoxy) is 1. The average molecular weight is 268 g/mol. The van der Waals surface area contributed by atoms with E-state index in [4.69, 9.17) is 14.9 Å². The summed E-state index contributed by atoms with van der Waals surface area (Å²) in [6.45, 7) is 1.94. The van der Waals surface area contributed by atoms with Gasteiger partial charge < -0.3 is 35.4 Å². The van der Waals surface area contributed by atoms with Crippen molar-refractivity contribution >= 4 is 0 Å². The van der Waals surface area contributed by atoms with E-state index in [9.17, 15) is 20.4 Å². The van der Waals surface area contributed by atoms with Crippen LogP contribution in [-0.4, -0.2) is 81.0 Å². The summed E-state index contributed by atoms with van der Waals surface area (Å²) in [5, 5.41) is 55.6. The van der Waals surface area contributed by atoms with E-state index in [1.54, 1.807) is 0 Å². The van der Waals surface area contributed by atoms with Crippen molar-refractivity contribution in [2.24, 2.45) is 0 Å². The quantitative estimate of drug-likeness (QED) is 0.243. The van der Waals surface area contributed by atoms with Crippen LogP contribution >= 0.6 is 0 Å². The van der Waals surface area contributed by atoms with Gasteiger partial charge in [0.2, 0.25) is 0 Å². The molecule has 0 saturated carbocycles. The maximum Gasteiger partial charge on any atom is 0.111 e. The normalized spacial score (nSPS) is 20.2. The van der Waals surface area contributed by atoms with Crippen LogP contribution in [0.3, 0.4) is 0 Å². The molecule has 0 amide bonds. The molecule has 18 heavy (non-hydrogen) atoms. The fourth-order valence-corrected chi connectivity index (χ4v) is 1.39. The molecule has 0 aliphatic carbocycles. The molecule has 6 N–H and O–H groups in total. The molecule has 0 spiro atoms. The molecule has 7 heteroatoms. The van der Waals surface area contributed by atoms with E-state index in [0.29, 0.717) is 6.61 Å². The number of hydrogen-bond acceptors (Lipinski definition) is 7. The van der Waals surface area contributed by atoms with Crippen molar-refractivity contribution in [3.63, 3.8) is 0 Å². The summed E-state index contributed by atoms with van der Waals surface area (Å²) in [5.41, 5.74) is 0. The molecule has 110 valence electrons. The van der Waals surface area contributed by atoms with Gasteiger partial charge in [-0.2, -0.15) is 0 Å². The Morgan fingerprint density at radius 3 is 1.89 bits per heavy atom. The number of aliphatic hydroxyl groups is 6. The highest BCUT2D eigenvalue weighted by Gasteiger charge is 2.33. The van der Waals surface area contributed by atoms with Gasteiger partial charge in [-0.1, -0.05) is 6.92 Å². The molecule has 0 rings (SSSR count). The average Bonchev–Trinajstić information content (AvgIpc) is 2.39. The van der Waals surface area contributed by atoms with E-state index in [0.717, 1.165) is 6.42 Å². The molecule has 0 heterocycles. The van der Waals surface area contributed by atoms with Gasteiger partial charge in [-0.15, -0.1) is 0 Å². The van der Waals surface area contributed by atoms with Crippen LogP contribution < -0.4 is 0 Å². The lowest BCUT2D eigenvalue weighted by Gasteiger charge is -2.28. The third kappa shape index (κ3) is 6.05. The van der Waals surface area contributed by atoms with Crippen LogP contribution in [0.5, 0.6) is 0 Å². The molecule has 7 nitrogen and oxygen atoms in total. The first-order valence-electron chi connectivity index (χ1n) is 6.04. The minimum atomic E-state index is -1.74. The zero-order chi connectivity index (χ0) is 14.1. The third-order valence-corrected chi connectivity index (χ3v) is 2.58. The standard InChI is InChI=1S/C11H24O7/c1-2-4-18-5-3-7(13)9(15)11(17)10(16)8(14)6-12/h7-17H,2-6H2,1H3/t7?,8-,9+,10-,11-/m1/s1. The molecule has 0 aliphatic heterocycles. The molecule has 5 atom stereocenters. The maximum absolute atomic E-state index is 9.55. The van der Waals surface area contributed by atoms with Crippen molar-refractivity contribution < 1.29 is 35.4 Å². The summed E-state index contributed by atoms with van der Waals surface area (Å²) in [5.74, 6) is 0. The summed E-state index contributed by atoms with van der Waals surface area (Å²) in [7, 11) is 0.